The van der Waals surface area contributed by atoms with Crippen molar-refractivity contribution in [1.29, 1.82) is 5.26 Å². The van der Waals surface area contributed by atoms with Crippen molar-refractivity contribution in [3.63, 3.8) is 0 Å². The zero-order valence-corrected chi connectivity index (χ0v) is 15.5. The van der Waals surface area contributed by atoms with Crippen LogP contribution >= 0.6 is 0 Å². The molecule has 1 aliphatic rings. The van der Waals surface area contributed by atoms with Gasteiger partial charge in [-0.3, -0.25) is 4.79 Å². The van der Waals surface area contributed by atoms with E-state index in [1.54, 1.807) is 24.3 Å². The number of allylic oxidation sites excluding steroid dienone is 2. The Morgan fingerprint density at radius 1 is 0.920 bits per heavy atom. The molecule has 2 nitrogen and oxygen atoms in total. The number of hydrogen-bond donors (Lipinski definition) is 0. The van der Waals surface area contributed by atoms with Crippen LogP contribution in [0.2, 0.25) is 0 Å². The number of carbonyl (C=O) groups is 1. The summed E-state index contributed by atoms with van der Waals surface area (Å²) in [6.07, 6.45) is 4.50. The van der Waals surface area contributed by atoms with Crippen molar-refractivity contribution in [3.05, 3.63) is 81.9 Å². The van der Waals surface area contributed by atoms with E-state index in [1.807, 2.05) is 6.92 Å². The minimum absolute atomic E-state index is 0.00736. The third kappa shape index (κ3) is 2.91. The number of benzene rings is 2. The van der Waals surface area contributed by atoms with Gasteiger partial charge < -0.3 is 0 Å². The summed E-state index contributed by atoms with van der Waals surface area (Å²) in [6.45, 7) is 10.8. The van der Waals surface area contributed by atoms with Crippen LogP contribution in [0.15, 0.2) is 48.6 Å². The second-order valence-electron chi connectivity index (χ2n) is 8.01. The maximum absolute atomic E-state index is 13.0. The maximum atomic E-state index is 13.0. The van der Waals surface area contributed by atoms with E-state index in [1.165, 1.54) is 11.1 Å². The number of nitrogens with zero attached hydrogens (tertiary/aromatic N) is 1. The summed E-state index contributed by atoms with van der Waals surface area (Å²) in [5.41, 5.74) is 5.27. The molecule has 0 radical (unpaired) electrons. The standard InChI is InChI=1S/C23H23NO/c1-15-12-19-20(23(4,5)11-10-22(19,2)3)13-18(15)21(25)17-8-6-16(14-24)7-9-17/h6-13H,1-5H3. The van der Waals surface area contributed by atoms with Gasteiger partial charge in [0.2, 0.25) is 0 Å². The molecule has 1 aliphatic carbocycles. The first-order valence-corrected chi connectivity index (χ1v) is 8.56. The van der Waals surface area contributed by atoms with Crippen molar-refractivity contribution < 1.29 is 4.79 Å². The lowest BCUT2D eigenvalue weighted by Crippen LogP contribution is -2.29. The van der Waals surface area contributed by atoms with Crippen LogP contribution in [0.4, 0.5) is 0 Å². The SMILES string of the molecule is Cc1cc2c(cc1C(=O)c1ccc(C#N)cc1)C(C)(C)C=CC2(C)C. The molecule has 0 saturated carbocycles. The van der Waals surface area contributed by atoms with Crippen LogP contribution < -0.4 is 0 Å². The topological polar surface area (TPSA) is 40.9 Å². The maximum Gasteiger partial charge on any atom is 0.193 e. The van der Waals surface area contributed by atoms with E-state index >= 15 is 0 Å². The molecule has 2 heteroatoms. The highest BCUT2D eigenvalue weighted by Gasteiger charge is 2.33. The number of nitriles is 1. The lowest BCUT2D eigenvalue weighted by atomic mass is 9.67. The fourth-order valence-electron chi connectivity index (χ4n) is 3.47. The van der Waals surface area contributed by atoms with E-state index < -0.39 is 0 Å². The van der Waals surface area contributed by atoms with Crippen LogP contribution in [-0.4, -0.2) is 5.78 Å². The Morgan fingerprint density at radius 2 is 1.44 bits per heavy atom. The van der Waals surface area contributed by atoms with E-state index in [0.29, 0.717) is 11.1 Å². The van der Waals surface area contributed by atoms with E-state index in [-0.39, 0.29) is 16.6 Å². The average Bonchev–Trinajstić information content (AvgIpc) is 2.58. The molecule has 0 N–H and O–H groups in total. The van der Waals surface area contributed by atoms with Gasteiger partial charge in [-0.2, -0.15) is 5.26 Å². The van der Waals surface area contributed by atoms with Crippen LogP contribution in [0.3, 0.4) is 0 Å². The van der Waals surface area contributed by atoms with Crippen molar-refractivity contribution >= 4 is 5.78 Å². The molecule has 0 aliphatic heterocycles. The van der Waals surface area contributed by atoms with Crippen molar-refractivity contribution in [1.82, 2.24) is 0 Å². The zero-order chi connectivity index (χ0) is 18.4. The fourth-order valence-corrected chi connectivity index (χ4v) is 3.47. The first kappa shape index (κ1) is 17.2. The number of hydrogen-bond acceptors (Lipinski definition) is 2. The van der Waals surface area contributed by atoms with Gasteiger partial charge in [0.25, 0.3) is 0 Å². The fraction of sp³-hybridized carbons (Fsp3) is 0.304. The summed E-state index contributed by atoms with van der Waals surface area (Å²) in [7, 11) is 0. The third-order valence-corrected chi connectivity index (χ3v) is 5.19. The molecular weight excluding hydrogens is 306 g/mol. The molecule has 0 spiro atoms. The van der Waals surface area contributed by atoms with Gasteiger partial charge in [0.05, 0.1) is 11.6 Å². The molecule has 0 saturated heterocycles. The van der Waals surface area contributed by atoms with Crippen LogP contribution in [0.1, 0.15) is 65.9 Å². The second kappa shape index (κ2) is 5.70. The molecule has 3 rings (SSSR count). The highest BCUT2D eigenvalue weighted by molar-refractivity contribution is 6.10. The molecule has 0 aromatic heterocycles. The van der Waals surface area contributed by atoms with E-state index in [9.17, 15) is 4.79 Å². The molecule has 0 atom stereocenters. The van der Waals surface area contributed by atoms with Crippen molar-refractivity contribution in [2.24, 2.45) is 0 Å². The predicted molar refractivity (Wildman–Crippen MR) is 101 cm³/mol. The van der Waals surface area contributed by atoms with Crippen molar-refractivity contribution in [2.75, 3.05) is 0 Å². The molecule has 0 unspecified atom stereocenters. The molecule has 0 bridgehead atoms. The predicted octanol–water partition coefficient (Wildman–Crippen LogP) is 5.22. The number of rotatable bonds is 2. The molecule has 2 aromatic carbocycles. The van der Waals surface area contributed by atoms with Crippen LogP contribution in [0.25, 0.3) is 0 Å². The molecule has 126 valence electrons. The van der Waals surface area contributed by atoms with Gasteiger partial charge >= 0.3 is 0 Å². The summed E-state index contributed by atoms with van der Waals surface area (Å²) in [5.74, 6) is 0.00736. The number of carbonyl (C=O) groups excluding carboxylic acids is 1. The minimum atomic E-state index is -0.0990. The highest BCUT2D eigenvalue weighted by Crippen LogP contribution is 2.42. The quantitative estimate of drug-likeness (QED) is 0.559. The summed E-state index contributed by atoms with van der Waals surface area (Å²) in [5, 5.41) is 8.93. The summed E-state index contributed by atoms with van der Waals surface area (Å²) >= 11 is 0. The van der Waals surface area contributed by atoms with Gasteiger partial charge in [0.15, 0.2) is 5.78 Å². The molecule has 2 aromatic rings. The monoisotopic (exact) mass is 329 g/mol. The molecule has 0 heterocycles. The van der Waals surface area contributed by atoms with E-state index in [4.69, 9.17) is 5.26 Å². The first-order chi connectivity index (χ1) is 11.7. The highest BCUT2D eigenvalue weighted by atomic mass is 16.1. The van der Waals surface area contributed by atoms with Crippen LogP contribution in [-0.2, 0) is 10.8 Å². The minimum Gasteiger partial charge on any atom is -0.289 e. The lowest BCUT2D eigenvalue weighted by Gasteiger charge is -2.37. The Kier molecular flexibility index (Phi) is 3.92. The lowest BCUT2D eigenvalue weighted by molar-refractivity contribution is 0.103. The largest absolute Gasteiger partial charge is 0.289 e. The number of ketones is 1. The molecule has 0 fully saturated rings. The molecule has 0 amide bonds. The van der Waals surface area contributed by atoms with Crippen molar-refractivity contribution in [2.45, 2.75) is 45.4 Å². The van der Waals surface area contributed by atoms with Gasteiger partial charge in [-0.25, -0.2) is 0 Å². The van der Waals surface area contributed by atoms with Gasteiger partial charge in [-0.15, -0.1) is 0 Å². The number of fused-ring (bicyclic) bond motifs is 1. The average molecular weight is 329 g/mol. The Morgan fingerprint density at radius 3 is 1.96 bits per heavy atom. The van der Waals surface area contributed by atoms with Gasteiger partial charge in [0, 0.05) is 22.0 Å². The Bertz CT molecular complexity index is 922. The smallest absolute Gasteiger partial charge is 0.193 e. The third-order valence-electron chi connectivity index (χ3n) is 5.19. The Balaban J connectivity index is 2.13. The normalized spacial score (nSPS) is 16.8. The van der Waals surface area contributed by atoms with Crippen LogP contribution in [0.5, 0.6) is 0 Å². The van der Waals surface area contributed by atoms with Gasteiger partial charge in [-0.1, -0.05) is 45.9 Å². The Labute approximate surface area is 149 Å². The number of aryl methyl sites for hydroxylation is 1. The van der Waals surface area contributed by atoms with Crippen molar-refractivity contribution in [3.8, 4) is 6.07 Å². The summed E-state index contributed by atoms with van der Waals surface area (Å²) < 4.78 is 0. The first-order valence-electron chi connectivity index (χ1n) is 8.56. The summed E-state index contributed by atoms with van der Waals surface area (Å²) in [4.78, 5) is 13.0. The molecular formula is C23H23NO. The van der Waals surface area contributed by atoms with E-state index in [2.05, 4.69) is 58.0 Å². The Hall–Kier alpha value is -2.66. The molecule has 25 heavy (non-hydrogen) atoms. The van der Waals surface area contributed by atoms with Gasteiger partial charge in [0.1, 0.15) is 0 Å². The van der Waals surface area contributed by atoms with Gasteiger partial charge in [-0.05, 0) is 53.9 Å². The zero-order valence-electron chi connectivity index (χ0n) is 15.5. The van der Waals surface area contributed by atoms with Crippen LogP contribution in [0, 0.1) is 18.3 Å². The van der Waals surface area contributed by atoms with E-state index in [0.717, 1.165) is 11.1 Å². The summed E-state index contributed by atoms with van der Waals surface area (Å²) in [6, 6.07) is 13.2. The second-order valence-corrected chi connectivity index (χ2v) is 8.01.